The second-order valence-corrected chi connectivity index (χ2v) is 4.18. The van der Waals surface area contributed by atoms with Crippen molar-refractivity contribution in [1.82, 2.24) is 9.97 Å². The number of carbonyl (C=O) groups excluding carboxylic acids is 1. The molecular formula is C12H14N4O2. The summed E-state index contributed by atoms with van der Waals surface area (Å²) in [5, 5.41) is 8.90. The molecule has 0 aliphatic carbocycles. The topological polar surface area (TPSA) is 79.1 Å². The predicted molar refractivity (Wildman–Crippen MR) is 63.9 cm³/mol. The maximum atomic E-state index is 11.7. The van der Waals surface area contributed by atoms with Crippen molar-refractivity contribution in [2.75, 3.05) is 18.6 Å². The molecule has 0 amide bonds. The number of hydrogen-bond donors (Lipinski definition) is 0. The molecule has 6 nitrogen and oxygen atoms in total. The normalized spacial score (nSPS) is 18.5. The van der Waals surface area contributed by atoms with Gasteiger partial charge in [0.05, 0.1) is 7.11 Å². The van der Waals surface area contributed by atoms with Crippen LogP contribution in [0.25, 0.3) is 0 Å². The number of esters is 1. The molecule has 2 rings (SSSR count). The van der Waals surface area contributed by atoms with Gasteiger partial charge in [-0.05, 0) is 25.8 Å². The summed E-state index contributed by atoms with van der Waals surface area (Å²) in [6.07, 6.45) is 1.62. The molecule has 0 saturated carbocycles. The van der Waals surface area contributed by atoms with Crippen molar-refractivity contribution in [3.63, 3.8) is 0 Å². The van der Waals surface area contributed by atoms with Crippen molar-refractivity contribution >= 4 is 11.9 Å². The number of ether oxygens (including phenoxy) is 1. The van der Waals surface area contributed by atoms with Crippen LogP contribution in [0.15, 0.2) is 6.07 Å². The van der Waals surface area contributed by atoms with Gasteiger partial charge >= 0.3 is 5.97 Å². The van der Waals surface area contributed by atoms with Crippen molar-refractivity contribution in [3.05, 3.63) is 17.5 Å². The van der Waals surface area contributed by atoms with Gasteiger partial charge in [0, 0.05) is 12.2 Å². The van der Waals surface area contributed by atoms with E-state index in [1.807, 2.05) is 6.07 Å². The third-order valence-corrected chi connectivity index (χ3v) is 2.94. The summed E-state index contributed by atoms with van der Waals surface area (Å²) in [5.41, 5.74) is 1.03. The van der Waals surface area contributed by atoms with Crippen molar-refractivity contribution < 1.29 is 9.53 Å². The zero-order valence-corrected chi connectivity index (χ0v) is 10.4. The van der Waals surface area contributed by atoms with Gasteiger partial charge in [-0.3, -0.25) is 0 Å². The minimum atomic E-state index is -0.344. The fraction of sp³-hybridized carbons (Fsp3) is 0.500. The maximum Gasteiger partial charge on any atom is 0.328 e. The first-order chi connectivity index (χ1) is 8.65. The smallest absolute Gasteiger partial charge is 0.328 e. The van der Waals surface area contributed by atoms with Crippen LogP contribution in [0, 0.1) is 18.3 Å². The van der Waals surface area contributed by atoms with E-state index in [1.165, 1.54) is 7.11 Å². The molecular weight excluding hydrogens is 232 g/mol. The summed E-state index contributed by atoms with van der Waals surface area (Å²) in [4.78, 5) is 21.9. The number of rotatable bonds is 2. The largest absolute Gasteiger partial charge is 0.467 e. The van der Waals surface area contributed by atoms with E-state index < -0.39 is 0 Å². The molecule has 2 heterocycles. The number of nitriles is 1. The average molecular weight is 246 g/mol. The van der Waals surface area contributed by atoms with Gasteiger partial charge in [0.1, 0.15) is 17.8 Å². The Labute approximate surface area is 105 Å². The average Bonchev–Trinajstić information content (AvgIpc) is 2.86. The summed E-state index contributed by atoms with van der Waals surface area (Å²) in [6, 6.07) is 3.27. The molecule has 0 bridgehead atoms. The van der Waals surface area contributed by atoms with E-state index in [0.29, 0.717) is 23.9 Å². The standard InChI is InChI=1S/C12H14N4O2/c1-8-6-9(7-13)15-12(14-8)16-5-3-4-10(16)11(17)18-2/h6,10H,3-5H2,1-2H3. The van der Waals surface area contributed by atoms with Crippen molar-refractivity contribution in [2.24, 2.45) is 0 Å². The lowest BCUT2D eigenvalue weighted by Crippen LogP contribution is -2.38. The summed E-state index contributed by atoms with van der Waals surface area (Å²) < 4.78 is 4.77. The number of anilines is 1. The molecule has 0 aromatic carbocycles. The van der Waals surface area contributed by atoms with Gasteiger partial charge in [0.25, 0.3) is 0 Å². The molecule has 1 saturated heterocycles. The fourth-order valence-electron chi connectivity index (χ4n) is 2.13. The fourth-order valence-corrected chi connectivity index (χ4v) is 2.13. The molecule has 1 fully saturated rings. The Bertz CT molecular complexity index is 509. The first-order valence-corrected chi connectivity index (χ1v) is 5.76. The van der Waals surface area contributed by atoms with Crippen LogP contribution in [0.3, 0.4) is 0 Å². The molecule has 18 heavy (non-hydrogen) atoms. The van der Waals surface area contributed by atoms with Crippen LogP contribution in [0.4, 0.5) is 5.95 Å². The van der Waals surface area contributed by atoms with Crippen LogP contribution in [0.5, 0.6) is 0 Å². The number of carbonyl (C=O) groups is 1. The van der Waals surface area contributed by atoms with Crippen molar-refractivity contribution in [2.45, 2.75) is 25.8 Å². The van der Waals surface area contributed by atoms with Crippen LogP contribution < -0.4 is 4.90 Å². The Balaban J connectivity index is 2.33. The van der Waals surface area contributed by atoms with Crippen LogP contribution in [-0.2, 0) is 9.53 Å². The van der Waals surface area contributed by atoms with Crippen LogP contribution in [0.1, 0.15) is 24.2 Å². The third-order valence-electron chi connectivity index (χ3n) is 2.94. The minimum absolute atomic E-state index is 0.281. The monoisotopic (exact) mass is 246 g/mol. The first kappa shape index (κ1) is 12.3. The summed E-state index contributed by atoms with van der Waals surface area (Å²) in [7, 11) is 1.37. The Morgan fingerprint density at radius 1 is 1.61 bits per heavy atom. The van der Waals surface area contributed by atoms with E-state index in [4.69, 9.17) is 10.00 Å². The second kappa shape index (κ2) is 5.00. The van der Waals surface area contributed by atoms with Gasteiger partial charge in [-0.15, -0.1) is 0 Å². The van der Waals surface area contributed by atoms with Gasteiger partial charge < -0.3 is 9.64 Å². The molecule has 1 aromatic rings. The van der Waals surface area contributed by atoms with E-state index in [9.17, 15) is 4.79 Å². The van der Waals surface area contributed by atoms with Gasteiger partial charge in [-0.1, -0.05) is 0 Å². The predicted octanol–water partition coefficient (Wildman–Crippen LogP) is 0.798. The van der Waals surface area contributed by atoms with Crippen molar-refractivity contribution in [1.29, 1.82) is 5.26 Å². The zero-order chi connectivity index (χ0) is 13.1. The molecule has 0 radical (unpaired) electrons. The summed E-state index contributed by atoms with van der Waals surface area (Å²) >= 11 is 0. The SMILES string of the molecule is COC(=O)C1CCCN1c1nc(C)cc(C#N)n1. The van der Waals surface area contributed by atoms with Gasteiger partial charge in [0.15, 0.2) is 0 Å². The molecule has 6 heteroatoms. The maximum absolute atomic E-state index is 11.7. The van der Waals surface area contributed by atoms with E-state index in [-0.39, 0.29) is 12.0 Å². The number of aryl methyl sites for hydroxylation is 1. The summed E-state index contributed by atoms with van der Waals surface area (Å²) in [6.45, 7) is 2.50. The molecule has 1 aromatic heterocycles. The van der Waals surface area contributed by atoms with Gasteiger partial charge in [0.2, 0.25) is 5.95 Å². The molecule has 0 N–H and O–H groups in total. The highest BCUT2D eigenvalue weighted by Gasteiger charge is 2.33. The minimum Gasteiger partial charge on any atom is -0.467 e. The molecule has 1 aliphatic rings. The van der Waals surface area contributed by atoms with Crippen molar-refractivity contribution in [3.8, 4) is 6.07 Å². The number of methoxy groups -OCH3 is 1. The molecule has 0 spiro atoms. The highest BCUT2D eigenvalue weighted by molar-refractivity contribution is 5.79. The molecule has 1 aliphatic heterocycles. The highest BCUT2D eigenvalue weighted by Crippen LogP contribution is 2.23. The van der Waals surface area contributed by atoms with Gasteiger partial charge in [-0.2, -0.15) is 5.26 Å². The quantitative estimate of drug-likeness (QED) is 0.718. The lowest BCUT2D eigenvalue weighted by molar-refractivity contribution is -0.141. The third kappa shape index (κ3) is 2.25. The Morgan fingerprint density at radius 2 is 2.39 bits per heavy atom. The Morgan fingerprint density at radius 3 is 3.06 bits per heavy atom. The van der Waals surface area contributed by atoms with E-state index >= 15 is 0 Å². The Kier molecular flexibility index (Phi) is 3.42. The van der Waals surface area contributed by atoms with E-state index in [1.54, 1.807) is 17.9 Å². The molecule has 1 unspecified atom stereocenters. The number of nitrogens with zero attached hydrogens (tertiary/aromatic N) is 4. The second-order valence-electron chi connectivity index (χ2n) is 4.18. The van der Waals surface area contributed by atoms with Crippen LogP contribution >= 0.6 is 0 Å². The van der Waals surface area contributed by atoms with Crippen LogP contribution in [-0.4, -0.2) is 35.6 Å². The highest BCUT2D eigenvalue weighted by atomic mass is 16.5. The number of hydrogen-bond acceptors (Lipinski definition) is 6. The summed E-state index contributed by atoms with van der Waals surface area (Å²) in [5.74, 6) is 0.149. The first-order valence-electron chi connectivity index (χ1n) is 5.76. The zero-order valence-electron chi connectivity index (χ0n) is 10.4. The van der Waals surface area contributed by atoms with E-state index in [0.717, 1.165) is 12.8 Å². The molecule has 94 valence electrons. The Hall–Kier alpha value is -2.16. The number of aromatic nitrogens is 2. The van der Waals surface area contributed by atoms with Gasteiger partial charge in [-0.25, -0.2) is 14.8 Å². The lowest BCUT2D eigenvalue weighted by atomic mass is 10.2. The van der Waals surface area contributed by atoms with E-state index in [2.05, 4.69) is 9.97 Å². The lowest BCUT2D eigenvalue weighted by Gasteiger charge is -2.22. The molecule has 1 atom stereocenters. The van der Waals surface area contributed by atoms with Crippen LogP contribution in [0.2, 0.25) is 0 Å².